The molecule has 0 unspecified atom stereocenters. The highest BCUT2D eigenvalue weighted by molar-refractivity contribution is 7.89. The molecule has 0 fully saturated rings. The molecule has 0 aliphatic heterocycles. The lowest BCUT2D eigenvalue weighted by atomic mass is 10.2. The molecule has 0 radical (unpaired) electrons. The molecule has 0 aliphatic carbocycles. The van der Waals surface area contributed by atoms with Crippen molar-refractivity contribution in [1.29, 1.82) is 0 Å². The quantitative estimate of drug-likeness (QED) is 0.566. The Hall–Kier alpha value is -3.29. The predicted molar refractivity (Wildman–Crippen MR) is 106 cm³/mol. The summed E-state index contributed by atoms with van der Waals surface area (Å²) in [6.45, 7) is 0. The number of primary sulfonamides is 1. The van der Waals surface area contributed by atoms with E-state index < -0.39 is 10.0 Å². The second-order valence-electron chi connectivity index (χ2n) is 5.97. The fourth-order valence-electron chi connectivity index (χ4n) is 2.75. The Labute approximate surface area is 156 Å². The van der Waals surface area contributed by atoms with E-state index in [9.17, 15) is 8.42 Å². The molecule has 27 heavy (non-hydrogen) atoms. The molecule has 0 bridgehead atoms. The zero-order chi connectivity index (χ0) is 18.9. The smallest absolute Gasteiger partial charge is 0.238 e. The molecule has 1 aromatic heterocycles. The van der Waals surface area contributed by atoms with Gasteiger partial charge in [-0.15, -0.1) is 0 Å². The number of anilines is 2. The van der Waals surface area contributed by atoms with Gasteiger partial charge in [-0.3, -0.25) is 0 Å². The fraction of sp³-hybridized carbons (Fsp3) is 0. The largest absolute Gasteiger partial charge is 0.340 e. The second kappa shape index (κ2) is 6.79. The van der Waals surface area contributed by atoms with Crippen LogP contribution >= 0.6 is 0 Å². The van der Waals surface area contributed by atoms with E-state index in [1.807, 2.05) is 54.6 Å². The number of benzene rings is 3. The van der Waals surface area contributed by atoms with Crippen LogP contribution in [0.5, 0.6) is 0 Å². The van der Waals surface area contributed by atoms with Crippen molar-refractivity contribution in [3.63, 3.8) is 0 Å². The molecule has 0 spiro atoms. The van der Waals surface area contributed by atoms with Crippen molar-refractivity contribution in [2.24, 2.45) is 5.14 Å². The van der Waals surface area contributed by atoms with Crippen LogP contribution in [0.15, 0.2) is 83.8 Å². The average Bonchev–Trinajstić information content (AvgIpc) is 2.68. The van der Waals surface area contributed by atoms with Gasteiger partial charge in [0.1, 0.15) is 5.82 Å². The molecule has 0 saturated heterocycles. The number of para-hydroxylation sites is 1. The minimum atomic E-state index is -3.72. The molecule has 4 rings (SSSR count). The first-order valence-corrected chi connectivity index (χ1v) is 9.77. The Bertz CT molecular complexity index is 1210. The van der Waals surface area contributed by atoms with Gasteiger partial charge in [0, 0.05) is 16.6 Å². The van der Waals surface area contributed by atoms with Gasteiger partial charge in [-0.05, 0) is 36.4 Å². The summed E-state index contributed by atoms with van der Waals surface area (Å²) in [6.07, 6.45) is 0. The summed E-state index contributed by atoms with van der Waals surface area (Å²) in [5.41, 5.74) is 2.43. The Morgan fingerprint density at radius 2 is 1.44 bits per heavy atom. The lowest BCUT2D eigenvalue weighted by molar-refractivity contribution is 0.598. The molecular weight excluding hydrogens is 360 g/mol. The molecule has 7 heteroatoms. The molecule has 1 heterocycles. The normalized spacial score (nSPS) is 11.4. The number of fused-ring (bicyclic) bond motifs is 1. The summed E-state index contributed by atoms with van der Waals surface area (Å²) in [6, 6.07) is 23.7. The number of aromatic nitrogens is 2. The van der Waals surface area contributed by atoms with Gasteiger partial charge >= 0.3 is 0 Å². The second-order valence-corrected chi connectivity index (χ2v) is 7.53. The van der Waals surface area contributed by atoms with E-state index in [0.29, 0.717) is 17.3 Å². The monoisotopic (exact) mass is 376 g/mol. The van der Waals surface area contributed by atoms with Crippen molar-refractivity contribution < 1.29 is 8.42 Å². The molecule has 4 aromatic rings. The average molecular weight is 376 g/mol. The van der Waals surface area contributed by atoms with Gasteiger partial charge < -0.3 is 5.32 Å². The topological polar surface area (TPSA) is 98.0 Å². The van der Waals surface area contributed by atoms with Crippen LogP contribution in [0.1, 0.15) is 0 Å². The van der Waals surface area contributed by atoms with Crippen LogP contribution in [0, 0.1) is 0 Å². The lowest BCUT2D eigenvalue weighted by Gasteiger charge is -2.11. The van der Waals surface area contributed by atoms with E-state index in [-0.39, 0.29) is 4.90 Å². The van der Waals surface area contributed by atoms with Gasteiger partial charge in [-0.2, -0.15) is 0 Å². The van der Waals surface area contributed by atoms with E-state index >= 15 is 0 Å². The highest BCUT2D eigenvalue weighted by Crippen LogP contribution is 2.27. The molecule has 134 valence electrons. The van der Waals surface area contributed by atoms with Crippen LogP contribution in [0.25, 0.3) is 22.3 Å². The third-order valence-electron chi connectivity index (χ3n) is 4.08. The first kappa shape index (κ1) is 17.1. The number of sulfonamides is 1. The number of hydrogen-bond acceptors (Lipinski definition) is 5. The minimum Gasteiger partial charge on any atom is -0.340 e. The van der Waals surface area contributed by atoms with Crippen LogP contribution in [-0.4, -0.2) is 18.4 Å². The summed E-state index contributed by atoms with van der Waals surface area (Å²) in [4.78, 5) is 9.38. The highest BCUT2D eigenvalue weighted by atomic mass is 32.2. The third kappa shape index (κ3) is 3.64. The van der Waals surface area contributed by atoms with Gasteiger partial charge in [-0.1, -0.05) is 42.5 Å². The number of nitrogens with two attached hydrogens (primary N) is 1. The van der Waals surface area contributed by atoms with Gasteiger partial charge in [-0.25, -0.2) is 23.5 Å². The first-order chi connectivity index (χ1) is 13.0. The Balaban J connectivity index is 1.78. The van der Waals surface area contributed by atoms with Crippen molar-refractivity contribution in [2.75, 3.05) is 5.32 Å². The van der Waals surface area contributed by atoms with Crippen LogP contribution < -0.4 is 10.5 Å². The fourth-order valence-corrected chi connectivity index (χ4v) is 3.27. The van der Waals surface area contributed by atoms with Crippen molar-refractivity contribution in [1.82, 2.24) is 9.97 Å². The maximum absolute atomic E-state index is 11.4. The SMILES string of the molecule is NS(=O)(=O)c1ccc(Nc2nc(-c3ccccc3)nc3ccccc23)cc1. The summed E-state index contributed by atoms with van der Waals surface area (Å²) < 4.78 is 22.8. The van der Waals surface area contributed by atoms with Crippen molar-refractivity contribution in [3.05, 3.63) is 78.9 Å². The molecule has 0 saturated carbocycles. The van der Waals surface area contributed by atoms with Crippen LogP contribution in [-0.2, 0) is 10.0 Å². The van der Waals surface area contributed by atoms with Crippen molar-refractivity contribution >= 4 is 32.4 Å². The number of nitrogens with one attached hydrogen (secondary N) is 1. The Morgan fingerprint density at radius 3 is 2.15 bits per heavy atom. The standard InChI is InChI=1S/C20H16N4O2S/c21-27(25,26)16-12-10-15(11-13-16)22-20-17-8-4-5-9-18(17)23-19(24-20)14-6-2-1-3-7-14/h1-13H,(H2,21,25,26)(H,22,23,24). The van der Waals surface area contributed by atoms with Crippen molar-refractivity contribution in [2.45, 2.75) is 4.90 Å². The van der Waals surface area contributed by atoms with Crippen LogP contribution in [0.2, 0.25) is 0 Å². The van der Waals surface area contributed by atoms with E-state index in [1.165, 1.54) is 12.1 Å². The molecule has 3 N–H and O–H groups in total. The predicted octanol–water partition coefficient (Wildman–Crippen LogP) is 3.69. The van der Waals surface area contributed by atoms with Gasteiger partial charge in [0.25, 0.3) is 0 Å². The molecule has 0 amide bonds. The zero-order valence-electron chi connectivity index (χ0n) is 14.2. The first-order valence-electron chi connectivity index (χ1n) is 8.23. The summed E-state index contributed by atoms with van der Waals surface area (Å²) >= 11 is 0. The Kier molecular flexibility index (Phi) is 4.31. The molecule has 3 aromatic carbocycles. The summed E-state index contributed by atoms with van der Waals surface area (Å²) in [5.74, 6) is 1.25. The van der Waals surface area contributed by atoms with E-state index in [1.54, 1.807) is 12.1 Å². The minimum absolute atomic E-state index is 0.0607. The van der Waals surface area contributed by atoms with Crippen molar-refractivity contribution in [3.8, 4) is 11.4 Å². The number of hydrogen-bond donors (Lipinski definition) is 2. The number of rotatable bonds is 4. The maximum Gasteiger partial charge on any atom is 0.238 e. The van der Waals surface area contributed by atoms with E-state index in [2.05, 4.69) is 15.3 Å². The summed E-state index contributed by atoms with van der Waals surface area (Å²) in [7, 11) is -3.72. The zero-order valence-corrected chi connectivity index (χ0v) is 15.0. The highest BCUT2D eigenvalue weighted by Gasteiger charge is 2.11. The van der Waals surface area contributed by atoms with Crippen LogP contribution in [0.4, 0.5) is 11.5 Å². The molecular formula is C20H16N4O2S. The molecule has 6 nitrogen and oxygen atoms in total. The molecule has 0 aliphatic rings. The Morgan fingerprint density at radius 1 is 0.778 bits per heavy atom. The maximum atomic E-state index is 11.4. The van der Waals surface area contributed by atoms with Crippen LogP contribution in [0.3, 0.4) is 0 Å². The molecule has 0 atom stereocenters. The summed E-state index contributed by atoms with van der Waals surface area (Å²) in [5, 5.41) is 9.27. The van der Waals surface area contributed by atoms with Gasteiger partial charge in [0.15, 0.2) is 5.82 Å². The van der Waals surface area contributed by atoms with E-state index in [0.717, 1.165) is 16.5 Å². The van der Waals surface area contributed by atoms with Gasteiger partial charge in [0.05, 0.1) is 10.4 Å². The third-order valence-corrected chi connectivity index (χ3v) is 5.01. The lowest BCUT2D eigenvalue weighted by Crippen LogP contribution is -2.11. The number of nitrogens with zero attached hydrogens (tertiary/aromatic N) is 2. The van der Waals surface area contributed by atoms with Gasteiger partial charge in [0.2, 0.25) is 10.0 Å². The van der Waals surface area contributed by atoms with E-state index in [4.69, 9.17) is 5.14 Å².